The van der Waals surface area contributed by atoms with Crippen LogP contribution in [0.2, 0.25) is 0 Å². The minimum absolute atomic E-state index is 0.541. The summed E-state index contributed by atoms with van der Waals surface area (Å²) in [7, 11) is 2.08. The lowest BCUT2D eigenvalue weighted by Crippen LogP contribution is -2.26. The van der Waals surface area contributed by atoms with Crippen LogP contribution in [0.15, 0.2) is 0 Å². The lowest BCUT2D eigenvalue weighted by Gasteiger charge is -2.21. The van der Waals surface area contributed by atoms with E-state index in [4.69, 9.17) is 4.98 Å². The van der Waals surface area contributed by atoms with Crippen molar-refractivity contribution in [3.63, 3.8) is 0 Å². The highest BCUT2D eigenvalue weighted by Gasteiger charge is 2.28. The summed E-state index contributed by atoms with van der Waals surface area (Å²) in [6.07, 6.45) is 7.77. The highest BCUT2D eigenvalue weighted by Crippen LogP contribution is 2.39. The molecule has 1 aromatic heterocycles. The summed E-state index contributed by atoms with van der Waals surface area (Å²) in [5.41, 5.74) is 1.36. The largest absolute Gasteiger partial charge is 0.348 e. The number of hydrogen-bond donors (Lipinski definition) is 1. The maximum Gasteiger partial charge on any atom is 0.185 e. The molecule has 1 atom stereocenters. The SMILES string of the molecule is CCCN(CC1CC1)c1nc2c(s1)C(NC)CCC2. The van der Waals surface area contributed by atoms with Gasteiger partial charge in [-0.25, -0.2) is 4.98 Å². The molecule has 3 nitrogen and oxygen atoms in total. The number of hydrogen-bond acceptors (Lipinski definition) is 4. The molecule has 106 valence electrons. The summed E-state index contributed by atoms with van der Waals surface area (Å²) in [6.45, 7) is 4.65. The van der Waals surface area contributed by atoms with E-state index in [1.165, 1.54) is 60.8 Å². The summed E-state index contributed by atoms with van der Waals surface area (Å²) in [6, 6.07) is 0.541. The van der Waals surface area contributed by atoms with Crippen molar-refractivity contribution in [2.45, 2.75) is 51.5 Å². The molecule has 0 amide bonds. The second kappa shape index (κ2) is 5.80. The summed E-state index contributed by atoms with van der Waals surface area (Å²) < 4.78 is 0. The summed E-state index contributed by atoms with van der Waals surface area (Å²) >= 11 is 1.94. The smallest absolute Gasteiger partial charge is 0.185 e. The molecule has 2 aliphatic rings. The first-order chi connectivity index (χ1) is 9.31. The predicted octanol–water partition coefficient (Wildman–Crippen LogP) is 3.37. The number of nitrogens with one attached hydrogen (secondary N) is 1. The van der Waals surface area contributed by atoms with E-state index in [1.807, 2.05) is 11.3 Å². The molecule has 19 heavy (non-hydrogen) atoms. The van der Waals surface area contributed by atoms with Crippen molar-refractivity contribution in [2.75, 3.05) is 25.0 Å². The Balaban J connectivity index is 1.80. The van der Waals surface area contributed by atoms with Gasteiger partial charge in [-0.2, -0.15) is 0 Å². The summed E-state index contributed by atoms with van der Waals surface area (Å²) in [5, 5.41) is 4.73. The van der Waals surface area contributed by atoms with Gasteiger partial charge in [-0.1, -0.05) is 18.3 Å². The Morgan fingerprint density at radius 3 is 2.89 bits per heavy atom. The van der Waals surface area contributed by atoms with Crippen LogP contribution in [0.5, 0.6) is 0 Å². The number of rotatable bonds is 6. The number of nitrogens with zero attached hydrogens (tertiary/aromatic N) is 2. The molecule has 0 bridgehead atoms. The van der Waals surface area contributed by atoms with Crippen LogP contribution >= 0.6 is 11.3 Å². The minimum Gasteiger partial charge on any atom is -0.348 e. The van der Waals surface area contributed by atoms with Crippen molar-refractivity contribution in [3.8, 4) is 0 Å². The molecule has 1 saturated carbocycles. The summed E-state index contributed by atoms with van der Waals surface area (Å²) in [4.78, 5) is 8.99. The predicted molar refractivity (Wildman–Crippen MR) is 82.1 cm³/mol. The van der Waals surface area contributed by atoms with Crippen LogP contribution < -0.4 is 10.2 Å². The van der Waals surface area contributed by atoms with Crippen LogP contribution in [0.3, 0.4) is 0 Å². The topological polar surface area (TPSA) is 28.2 Å². The maximum atomic E-state index is 4.95. The zero-order valence-corrected chi connectivity index (χ0v) is 12.9. The fourth-order valence-corrected chi connectivity index (χ4v) is 4.26. The van der Waals surface area contributed by atoms with Gasteiger partial charge in [-0.15, -0.1) is 0 Å². The van der Waals surface area contributed by atoms with Crippen molar-refractivity contribution in [2.24, 2.45) is 5.92 Å². The molecule has 1 aromatic rings. The van der Waals surface area contributed by atoms with Crippen molar-refractivity contribution < 1.29 is 0 Å². The molecule has 2 aliphatic carbocycles. The monoisotopic (exact) mass is 279 g/mol. The van der Waals surface area contributed by atoms with Crippen LogP contribution in [0, 0.1) is 5.92 Å². The quantitative estimate of drug-likeness (QED) is 0.865. The third-order valence-corrected chi connectivity index (χ3v) is 5.50. The first-order valence-electron chi connectivity index (χ1n) is 7.73. The zero-order chi connectivity index (χ0) is 13.2. The Labute approximate surface area is 120 Å². The Morgan fingerprint density at radius 1 is 1.37 bits per heavy atom. The van der Waals surface area contributed by atoms with Gasteiger partial charge in [0.15, 0.2) is 5.13 Å². The van der Waals surface area contributed by atoms with Crippen LogP contribution in [-0.2, 0) is 6.42 Å². The van der Waals surface area contributed by atoms with Gasteiger partial charge in [0.1, 0.15) is 0 Å². The normalized spacial score (nSPS) is 22.3. The van der Waals surface area contributed by atoms with E-state index in [-0.39, 0.29) is 0 Å². The first kappa shape index (κ1) is 13.4. The van der Waals surface area contributed by atoms with E-state index < -0.39 is 0 Å². The number of fused-ring (bicyclic) bond motifs is 1. The van der Waals surface area contributed by atoms with Crippen molar-refractivity contribution in [1.29, 1.82) is 0 Å². The van der Waals surface area contributed by atoms with E-state index in [9.17, 15) is 0 Å². The molecule has 3 rings (SSSR count). The van der Waals surface area contributed by atoms with E-state index in [2.05, 4.69) is 24.2 Å². The van der Waals surface area contributed by atoms with Gasteiger partial charge in [-0.3, -0.25) is 0 Å². The molecule has 0 aliphatic heterocycles. The van der Waals surface area contributed by atoms with E-state index >= 15 is 0 Å². The summed E-state index contributed by atoms with van der Waals surface area (Å²) in [5.74, 6) is 0.938. The van der Waals surface area contributed by atoms with Gasteiger partial charge >= 0.3 is 0 Å². The van der Waals surface area contributed by atoms with Crippen LogP contribution in [0.25, 0.3) is 0 Å². The maximum absolute atomic E-state index is 4.95. The fourth-order valence-electron chi connectivity index (χ4n) is 2.96. The molecular weight excluding hydrogens is 254 g/mol. The van der Waals surface area contributed by atoms with Crippen LogP contribution in [-0.4, -0.2) is 25.1 Å². The Kier molecular flexibility index (Phi) is 4.08. The Hall–Kier alpha value is -0.610. The van der Waals surface area contributed by atoms with Gasteiger partial charge in [0, 0.05) is 24.0 Å². The molecular formula is C15H25N3S. The average molecular weight is 279 g/mol. The van der Waals surface area contributed by atoms with Gasteiger partial charge in [0.25, 0.3) is 0 Å². The molecule has 1 N–H and O–H groups in total. The molecule has 1 heterocycles. The standard InChI is InChI=1S/C15H25N3S/c1-3-9-18(10-11-7-8-11)15-17-13-6-4-5-12(16-2)14(13)19-15/h11-12,16H,3-10H2,1-2H3. The molecule has 1 fully saturated rings. The van der Waals surface area contributed by atoms with Gasteiger partial charge < -0.3 is 10.2 Å². The minimum atomic E-state index is 0.541. The van der Waals surface area contributed by atoms with Crippen LogP contribution in [0.1, 0.15) is 55.6 Å². The lowest BCUT2D eigenvalue weighted by atomic mass is 9.98. The van der Waals surface area contributed by atoms with Crippen molar-refractivity contribution >= 4 is 16.5 Å². The van der Waals surface area contributed by atoms with Crippen molar-refractivity contribution in [1.82, 2.24) is 10.3 Å². The second-order valence-electron chi connectivity index (χ2n) is 5.93. The van der Waals surface area contributed by atoms with Gasteiger partial charge in [0.2, 0.25) is 0 Å². The average Bonchev–Trinajstić information content (AvgIpc) is 3.13. The van der Waals surface area contributed by atoms with Gasteiger partial charge in [-0.05, 0) is 51.5 Å². The second-order valence-corrected chi connectivity index (χ2v) is 6.94. The van der Waals surface area contributed by atoms with E-state index in [0.717, 1.165) is 12.5 Å². The molecule has 0 saturated heterocycles. The number of anilines is 1. The molecule has 0 radical (unpaired) electrons. The number of aryl methyl sites for hydroxylation is 1. The number of thiazole rings is 1. The number of aromatic nitrogens is 1. The van der Waals surface area contributed by atoms with E-state index in [0.29, 0.717) is 6.04 Å². The highest BCUT2D eigenvalue weighted by molar-refractivity contribution is 7.15. The van der Waals surface area contributed by atoms with Crippen molar-refractivity contribution in [3.05, 3.63) is 10.6 Å². The highest BCUT2D eigenvalue weighted by atomic mass is 32.1. The van der Waals surface area contributed by atoms with E-state index in [1.54, 1.807) is 0 Å². The Morgan fingerprint density at radius 2 is 2.21 bits per heavy atom. The van der Waals surface area contributed by atoms with Crippen LogP contribution in [0.4, 0.5) is 5.13 Å². The molecule has 0 aromatic carbocycles. The van der Waals surface area contributed by atoms with Gasteiger partial charge in [0.05, 0.1) is 5.69 Å². The molecule has 4 heteroatoms. The molecule has 0 spiro atoms. The Bertz CT molecular complexity index is 425. The molecule has 1 unspecified atom stereocenters. The zero-order valence-electron chi connectivity index (χ0n) is 12.1. The first-order valence-corrected chi connectivity index (χ1v) is 8.55. The third kappa shape index (κ3) is 2.95. The third-order valence-electron chi connectivity index (χ3n) is 4.23. The fraction of sp³-hybridized carbons (Fsp3) is 0.800. The lowest BCUT2D eigenvalue weighted by molar-refractivity contribution is 0.501.